The fourth-order valence-corrected chi connectivity index (χ4v) is 3.62. The van der Waals surface area contributed by atoms with Gasteiger partial charge in [0.2, 0.25) is 0 Å². The van der Waals surface area contributed by atoms with E-state index in [9.17, 15) is 8.42 Å². The predicted octanol–water partition coefficient (Wildman–Crippen LogP) is 5.67. The summed E-state index contributed by atoms with van der Waals surface area (Å²) >= 11 is 0. The van der Waals surface area contributed by atoms with Crippen molar-refractivity contribution >= 4 is 10.4 Å². The number of rotatable bonds is 16. The summed E-state index contributed by atoms with van der Waals surface area (Å²) in [4.78, 5) is 0. The third-order valence-electron chi connectivity index (χ3n) is 4.74. The van der Waals surface area contributed by atoms with Crippen LogP contribution in [-0.2, 0) is 25.2 Å². The van der Waals surface area contributed by atoms with Crippen LogP contribution in [0.25, 0.3) is 0 Å². The Hall–Kier alpha value is -0.910. The first-order valence-corrected chi connectivity index (χ1v) is 11.4. The van der Waals surface area contributed by atoms with Gasteiger partial charge in [-0.15, -0.1) is 0 Å². The monoisotopic (exact) mass is 384 g/mol. The third kappa shape index (κ3) is 11.7. The Bertz CT molecular complexity index is 542. The maximum absolute atomic E-state index is 11.4. The lowest BCUT2D eigenvalue weighted by Gasteiger charge is -2.16. The van der Waals surface area contributed by atoms with Crippen LogP contribution in [-0.4, -0.2) is 22.1 Å². The van der Waals surface area contributed by atoms with Crippen molar-refractivity contribution in [3.05, 3.63) is 35.9 Å². The molecule has 1 atom stereocenters. The first-order chi connectivity index (χ1) is 12.6. The number of unbranched alkanes of at least 4 members (excludes halogenated alkanes) is 8. The minimum atomic E-state index is -3.86. The molecule has 26 heavy (non-hydrogen) atoms. The lowest BCUT2D eigenvalue weighted by Crippen LogP contribution is -2.17. The molecule has 5 heteroatoms. The minimum Gasteiger partial charge on any atom is -0.252 e. The lowest BCUT2D eigenvalue weighted by molar-refractivity contribution is 0.199. The summed E-state index contributed by atoms with van der Waals surface area (Å²) in [6, 6.07) is 10.2. The number of hydrogen-bond acceptors (Lipinski definition) is 4. The van der Waals surface area contributed by atoms with Crippen LogP contribution >= 0.6 is 0 Å². The van der Waals surface area contributed by atoms with E-state index in [0.717, 1.165) is 26.4 Å². The second-order valence-electron chi connectivity index (χ2n) is 7.03. The van der Waals surface area contributed by atoms with Crippen LogP contribution in [0.5, 0.6) is 0 Å². The van der Waals surface area contributed by atoms with Crippen molar-refractivity contribution in [2.45, 2.75) is 77.6 Å². The molecule has 1 aromatic rings. The second-order valence-corrected chi connectivity index (χ2v) is 8.42. The molecule has 0 radical (unpaired) electrons. The summed E-state index contributed by atoms with van der Waals surface area (Å²) in [5, 5.41) is 0. The van der Waals surface area contributed by atoms with Crippen molar-refractivity contribution in [1.82, 2.24) is 0 Å². The summed E-state index contributed by atoms with van der Waals surface area (Å²) in [5.74, 6) is 0.187. The molecule has 1 aromatic carbocycles. The molecule has 4 nitrogen and oxygen atoms in total. The van der Waals surface area contributed by atoms with Crippen molar-refractivity contribution in [3.63, 3.8) is 0 Å². The zero-order valence-corrected chi connectivity index (χ0v) is 17.3. The normalized spacial score (nSPS) is 13.0. The fraction of sp³-hybridized carbons (Fsp3) is 0.714. The highest BCUT2D eigenvalue weighted by atomic mass is 32.3. The first-order valence-electron chi connectivity index (χ1n) is 10.1. The highest BCUT2D eigenvalue weighted by Crippen LogP contribution is 2.19. The highest BCUT2D eigenvalue weighted by Gasteiger charge is 2.16. The molecule has 0 heterocycles. The second kappa shape index (κ2) is 14.2. The Labute approximate surface area is 160 Å². The zero-order chi connectivity index (χ0) is 19.1. The van der Waals surface area contributed by atoms with E-state index in [-0.39, 0.29) is 12.5 Å². The Morgan fingerprint density at radius 1 is 0.885 bits per heavy atom. The molecule has 0 spiro atoms. The molecule has 0 saturated heterocycles. The molecular weight excluding hydrogens is 348 g/mol. The van der Waals surface area contributed by atoms with E-state index in [1.54, 1.807) is 0 Å². The molecule has 150 valence electrons. The van der Waals surface area contributed by atoms with Gasteiger partial charge in [-0.1, -0.05) is 95.0 Å². The Morgan fingerprint density at radius 2 is 1.46 bits per heavy atom. The number of benzene rings is 1. The molecule has 1 unspecified atom stereocenters. The van der Waals surface area contributed by atoms with Gasteiger partial charge in [0.25, 0.3) is 0 Å². The van der Waals surface area contributed by atoms with Gasteiger partial charge in [-0.3, -0.25) is 4.18 Å². The average Bonchev–Trinajstić information content (AvgIpc) is 2.65. The van der Waals surface area contributed by atoms with Crippen LogP contribution in [0.3, 0.4) is 0 Å². The zero-order valence-electron chi connectivity index (χ0n) is 16.5. The molecule has 0 aliphatic rings. The van der Waals surface area contributed by atoms with Gasteiger partial charge in [0.1, 0.15) is 0 Å². The molecule has 0 N–H and O–H groups in total. The van der Waals surface area contributed by atoms with Crippen molar-refractivity contribution in [1.29, 1.82) is 0 Å². The lowest BCUT2D eigenvalue weighted by atomic mass is 9.94. The molecule has 0 aliphatic heterocycles. The van der Waals surface area contributed by atoms with Crippen LogP contribution in [0.15, 0.2) is 30.3 Å². The largest absolute Gasteiger partial charge is 0.399 e. The van der Waals surface area contributed by atoms with Gasteiger partial charge < -0.3 is 0 Å². The summed E-state index contributed by atoms with van der Waals surface area (Å²) in [6.07, 6.45) is 13.4. The predicted molar refractivity (Wildman–Crippen MR) is 107 cm³/mol. The van der Waals surface area contributed by atoms with Gasteiger partial charge in [0.05, 0.1) is 13.7 Å². The number of hydrogen-bond donors (Lipinski definition) is 0. The van der Waals surface area contributed by atoms with E-state index in [1.165, 1.54) is 56.9 Å². The highest BCUT2D eigenvalue weighted by molar-refractivity contribution is 7.81. The summed E-state index contributed by atoms with van der Waals surface area (Å²) in [6.45, 7) is 2.43. The summed E-state index contributed by atoms with van der Waals surface area (Å²) < 4.78 is 32.3. The van der Waals surface area contributed by atoms with Crippen molar-refractivity contribution < 1.29 is 16.8 Å². The smallest absolute Gasteiger partial charge is 0.252 e. The maximum Gasteiger partial charge on any atom is 0.399 e. The van der Waals surface area contributed by atoms with Gasteiger partial charge in [0.15, 0.2) is 0 Å². The molecule has 0 saturated carbocycles. The molecule has 0 fully saturated rings. The van der Waals surface area contributed by atoms with Crippen LogP contribution in [0.4, 0.5) is 0 Å². The molecule has 1 rings (SSSR count). The van der Waals surface area contributed by atoms with Crippen LogP contribution in [0, 0.1) is 5.92 Å². The standard InChI is InChI=1S/C21H36O4S/c1-3-4-5-6-7-8-9-10-12-17-21(19-25-26(22,23)24-2)18-20-15-13-11-14-16-20/h11,13-16,21H,3-10,12,17-19H2,1-2H3. The Morgan fingerprint density at radius 3 is 2.04 bits per heavy atom. The van der Waals surface area contributed by atoms with Gasteiger partial charge in [-0.2, -0.15) is 8.42 Å². The molecule has 0 bridgehead atoms. The third-order valence-corrected chi connectivity index (χ3v) is 5.57. The molecule has 0 aliphatic carbocycles. The van der Waals surface area contributed by atoms with Crippen molar-refractivity contribution in [2.24, 2.45) is 5.92 Å². The molecule has 0 aromatic heterocycles. The Kier molecular flexibility index (Phi) is 12.6. The van der Waals surface area contributed by atoms with E-state index >= 15 is 0 Å². The van der Waals surface area contributed by atoms with E-state index in [2.05, 4.69) is 23.2 Å². The molecular formula is C21H36O4S. The van der Waals surface area contributed by atoms with Crippen LogP contribution in [0.2, 0.25) is 0 Å². The van der Waals surface area contributed by atoms with E-state index < -0.39 is 10.4 Å². The minimum absolute atomic E-state index is 0.183. The van der Waals surface area contributed by atoms with Crippen molar-refractivity contribution in [3.8, 4) is 0 Å². The maximum atomic E-state index is 11.4. The fourth-order valence-electron chi connectivity index (χ4n) is 3.16. The first kappa shape index (κ1) is 23.1. The quantitative estimate of drug-likeness (QED) is 0.344. The van der Waals surface area contributed by atoms with E-state index in [4.69, 9.17) is 4.18 Å². The van der Waals surface area contributed by atoms with Gasteiger partial charge in [-0.25, -0.2) is 4.18 Å². The average molecular weight is 385 g/mol. The van der Waals surface area contributed by atoms with Crippen LogP contribution < -0.4 is 0 Å². The van der Waals surface area contributed by atoms with Crippen LogP contribution in [0.1, 0.15) is 76.7 Å². The van der Waals surface area contributed by atoms with E-state index in [0.29, 0.717) is 0 Å². The van der Waals surface area contributed by atoms with E-state index in [1.807, 2.05) is 18.2 Å². The Balaban J connectivity index is 2.30. The van der Waals surface area contributed by atoms with Gasteiger partial charge >= 0.3 is 10.4 Å². The molecule has 0 amide bonds. The summed E-state index contributed by atoms with van der Waals surface area (Å²) in [7, 11) is -2.73. The summed E-state index contributed by atoms with van der Waals surface area (Å²) in [5.41, 5.74) is 1.21. The van der Waals surface area contributed by atoms with Gasteiger partial charge in [0, 0.05) is 0 Å². The van der Waals surface area contributed by atoms with Crippen molar-refractivity contribution in [2.75, 3.05) is 13.7 Å². The SMILES string of the molecule is CCCCCCCCCCCC(COS(=O)(=O)OC)Cc1ccccc1. The topological polar surface area (TPSA) is 52.6 Å². The van der Waals surface area contributed by atoms with Gasteiger partial charge in [-0.05, 0) is 24.3 Å².